The number of nitro groups is 1. The molecule has 10 heteroatoms. The summed E-state index contributed by atoms with van der Waals surface area (Å²) in [6.45, 7) is 2.08. The second kappa shape index (κ2) is 9.23. The minimum absolute atomic E-state index is 0.101. The van der Waals surface area contributed by atoms with Gasteiger partial charge in [-0.15, -0.1) is 0 Å². The first kappa shape index (κ1) is 21.1. The van der Waals surface area contributed by atoms with Crippen LogP contribution in [0.5, 0.6) is 5.75 Å². The van der Waals surface area contributed by atoms with E-state index in [0.717, 1.165) is 0 Å². The number of rotatable bonds is 6. The number of nitrogens with zero attached hydrogens (tertiary/aromatic N) is 2. The van der Waals surface area contributed by atoms with Gasteiger partial charge in [-0.1, -0.05) is 0 Å². The molecule has 1 aliphatic rings. The van der Waals surface area contributed by atoms with Gasteiger partial charge in [-0.3, -0.25) is 14.9 Å². The van der Waals surface area contributed by atoms with E-state index in [1.807, 2.05) is 4.90 Å². The third-order valence-corrected chi connectivity index (χ3v) is 4.67. The number of ether oxygens (including phenoxy) is 3. The van der Waals surface area contributed by atoms with Crippen molar-refractivity contribution in [2.24, 2.45) is 0 Å². The van der Waals surface area contributed by atoms with E-state index < -0.39 is 16.8 Å². The van der Waals surface area contributed by atoms with E-state index in [2.05, 4.69) is 5.32 Å². The van der Waals surface area contributed by atoms with Crippen LogP contribution in [0.2, 0.25) is 0 Å². The molecule has 158 valence electrons. The van der Waals surface area contributed by atoms with Gasteiger partial charge in [-0.25, -0.2) is 4.79 Å². The van der Waals surface area contributed by atoms with Gasteiger partial charge in [0.1, 0.15) is 5.75 Å². The molecule has 0 bridgehead atoms. The van der Waals surface area contributed by atoms with Crippen molar-refractivity contribution in [3.8, 4) is 5.75 Å². The number of esters is 1. The summed E-state index contributed by atoms with van der Waals surface area (Å²) in [5.41, 5.74) is 0.767. The Hall–Kier alpha value is -3.66. The Bertz CT molecular complexity index is 971. The Morgan fingerprint density at radius 2 is 1.83 bits per heavy atom. The van der Waals surface area contributed by atoms with Crippen molar-refractivity contribution in [2.45, 2.75) is 0 Å². The minimum atomic E-state index is -0.656. The molecule has 1 heterocycles. The lowest BCUT2D eigenvalue weighted by molar-refractivity contribution is -0.384. The zero-order valence-corrected chi connectivity index (χ0v) is 16.5. The first-order chi connectivity index (χ1) is 14.4. The maximum Gasteiger partial charge on any atom is 0.340 e. The lowest BCUT2D eigenvalue weighted by Gasteiger charge is -2.30. The molecule has 0 aliphatic carbocycles. The molecule has 0 atom stereocenters. The Morgan fingerprint density at radius 3 is 2.47 bits per heavy atom. The Kier molecular flexibility index (Phi) is 6.48. The summed E-state index contributed by atoms with van der Waals surface area (Å²) in [5.74, 6) is -0.829. The van der Waals surface area contributed by atoms with Gasteiger partial charge in [0, 0.05) is 25.2 Å². The van der Waals surface area contributed by atoms with E-state index in [1.54, 1.807) is 12.1 Å². The van der Waals surface area contributed by atoms with Gasteiger partial charge in [0.25, 0.3) is 11.6 Å². The van der Waals surface area contributed by atoms with Crippen LogP contribution in [0.4, 0.5) is 17.1 Å². The van der Waals surface area contributed by atoms with E-state index in [1.165, 1.54) is 38.5 Å². The molecular weight excluding hydrogens is 394 g/mol. The number of benzene rings is 2. The maximum atomic E-state index is 13.1. The van der Waals surface area contributed by atoms with Gasteiger partial charge in [-0.2, -0.15) is 0 Å². The minimum Gasteiger partial charge on any atom is -0.497 e. The summed E-state index contributed by atoms with van der Waals surface area (Å²) in [4.78, 5) is 37.8. The third-order valence-electron chi connectivity index (χ3n) is 4.67. The summed E-state index contributed by atoms with van der Waals surface area (Å²) < 4.78 is 15.2. The summed E-state index contributed by atoms with van der Waals surface area (Å²) in [6, 6.07) is 8.66. The molecule has 0 radical (unpaired) electrons. The number of methoxy groups -OCH3 is 2. The van der Waals surface area contributed by atoms with Gasteiger partial charge in [-0.05, 0) is 24.3 Å². The molecule has 1 amide bonds. The van der Waals surface area contributed by atoms with Crippen LogP contribution in [0.15, 0.2) is 36.4 Å². The summed E-state index contributed by atoms with van der Waals surface area (Å²) in [7, 11) is 2.68. The van der Waals surface area contributed by atoms with E-state index in [0.29, 0.717) is 37.7 Å². The standard InChI is InChI=1S/C20H21N3O7/c1-28-14-4-5-17(15(12-14)20(25)29-2)21-19(24)16-11-13(23(26)27)3-6-18(16)22-7-9-30-10-8-22/h3-6,11-12H,7-10H2,1-2H3,(H,21,24). The van der Waals surface area contributed by atoms with Crippen molar-refractivity contribution in [2.75, 3.05) is 50.7 Å². The first-order valence-electron chi connectivity index (χ1n) is 9.13. The van der Waals surface area contributed by atoms with Crippen LogP contribution in [0.1, 0.15) is 20.7 Å². The number of carbonyl (C=O) groups excluding carboxylic acids is 2. The zero-order valence-electron chi connectivity index (χ0n) is 16.5. The SMILES string of the molecule is COC(=O)c1cc(OC)ccc1NC(=O)c1cc([N+](=O)[O-])ccc1N1CCOCC1. The summed E-state index contributed by atoms with van der Waals surface area (Å²) in [5, 5.41) is 13.9. The summed E-state index contributed by atoms with van der Waals surface area (Å²) in [6.07, 6.45) is 0. The van der Waals surface area contributed by atoms with Crippen molar-refractivity contribution in [1.29, 1.82) is 0 Å². The quantitative estimate of drug-likeness (QED) is 0.434. The number of hydrogen-bond donors (Lipinski definition) is 1. The number of nitro benzene ring substituents is 1. The number of morpholine rings is 1. The highest BCUT2D eigenvalue weighted by atomic mass is 16.6. The molecule has 1 aliphatic heterocycles. The van der Waals surface area contributed by atoms with Crippen LogP contribution in [0.3, 0.4) is 0 Å². The van der Waals surface area contributed by atoms with Crippen LogP contribution in [0, 0.1) is 10.1 Å². The average Bonchev–Trinajstić information content (AvgIpc) is 2.78. The number of hydrogen-bond acceptors (Lipinski definition) is 8. The Morgan fingerprint density at radius 1 is 1.10 bits per heavy atom. The predicted octanol–water partition coefficient (Wildman–Crippen LogP) is 2.48. The van der Waals surface area contributed by atoms with Gasteiger partial charge < -0.3 is 24.4 Å². The molecule has 0 aromatic heterocycles. The molecule has 1 fully saturated rings. The van der Waals surface area contributed by atoms with Crippen LogP contribution in [0.25, 0.3) is 0 Å². The van der Waals surface area contributed by atoms with Crippen molar-refractivity contribution in [3.63, 3.8) is 0 Å². The molecule has 0 saturated carbocycles. The highest BCUT2D eigenvalue weighted by molar-refractivity contribution is 6.11. The molecule has 1 saturated heterocycles. The molecule has 2 aromatic carbocycles. The van der Waals surface area contributed by atoms with Crippen molar-refractivity contribution in [1.82, 2.24) is 0 Å². The molecule has 10 nitrogen and oxygen atoms in total. The smallest absolute Gasteiger partial charge is 0.340 e. The molecule has 1 N–H and O–H groups in total. The van der Waals surface area contributed by atoms with Crippen LogP contribution in [-0.2, 0) is 9.47 Å². The number of anilines is 2. The monoisotopic (exact) mass is 415 g/mol. The molecule has 0 spiro atoms. The van der Waals surface area contributed by atoms with Gasteiger partial charge in [0.05, 0.1) is 54.9 Å². The maximum absolute atomic E-state index is 13.1. The number of amides is 1. The molecule has 30 heavy (non-hydrogen) atoms. The van der Waals surface area contributed by atoms with Crippen molar-refractivity contribution < 1.29 is 28.7 Å². The fourth-order valence-electron chi connectivity index (χ4n) is 3.13. The predicted molar refractivity (Wildman–Crippen MR) is 108 cm³/mol. The zero-order chi connectivity index (χ0) is 21.7. The van der Waals surface area contributed by atoms with Crippen molar-refractivity contribution >= 4 is 28.9 Å². The molecule has 3 rings (SSSR count). The molecule has 0 unspecified atom stereocenters. The Balaban J connectivity index is 1.99. The van der Waals surface area contributed by atoms with E-state index in [9.17, 15) is 19.7 Å². The number of nitrogens with one attached hydrogen (secondary N) is 1. The lowest BCUT2D eigenvalue weighted by atomic mass is 10.1. The van der Waals surface area contributed by atoms with Gasteiger partial charge in [0.15, 0.2) is 0 Å². The third kappa shape index (κ3) is 4.49. The van der Waals surface area contributed by atoms with Gasteiger partial charge >= 0.3 is 5.97 Å². The van der Waals surface area contributed by atoms with E-state index >= 15 is 0 Å². The first-order valence-corrected chi connectivity index (χ1v) is 9.13. The summed E-state index contributed by atoms with van der Waals surface area (Å²) >= 11 is 0. The second-order valence-corrected chi connectivity index (χ2v) is 6.42. The average molecular weight is 415 g/mol. The number of carbonyl (C=O) groups is 2. The number of non-ortho nitro benzene ring substituents is 1. The van der Waals surface area contributed by atoms with E-state index in [4.69, 9.17) is 14.2 Å². The Labute approximate surface area is 172 Å². The fraction of sp³-hybridized carbons (Fsp3) is 0.300. The highest BCUT2D eigenvalue weighted by Gasteiger charge is 2.23. The topological polar surface area (TPSA) is 120 Å². The van der Waals surface area contributed by atoms with Crippen LogP contribution < -0.4 is 15.0 Å². The second-order valence-electron chi connectivity index (χ2n) is 6.42. The highest BCUT2D eigenvalue weighted by Crippen LogP contribution is 2.29. The normalized spacial score (nSPS) is 13.5. The molecule has 2 aromatic rings. The molecular formula is C20H21N3O7. The lowest BCUT2D eigenvalue weighted by Crippen LogP contribution is -2.37. The van der Waals surface area contributed by atoms with E-state index in [-0.39, 0.29) is 22.5 Å². The largest absolute Gasteiger partial charge is 0.497 e. The van der Waals surface area contributed by atoms with Crippen LogP contribution >= 0.6 is 0 Å². The fourth-order valence-corrected chi connectivity index (χ4v) is 3.13. The van der Waals surface area contributed by atoms with Crippen LogP contribution in [-0.4, -0.2) is 57.3 Å². The van der Waals surface area contributed by atoms with Gasteiger partial charge in [0.2, 0.25) is 0 Å². The van der Waals surface area contributed by atoms with Crippen molar-refractivity contribution in [3.05, 3.63) is 57.6 Å².